The highest BCUT2D eigenvalue weighted by Crippen LogP contribution is 2.30. The normalized spacial score (nSPS) is 11.0. The SMILES string of the molecule is Clc1ccc(CSc2nnc(-c3ccccc3)o2)c2ncccc12. The van der Waals surface area contributed by atoms with E-state index in [4.69, 9.17) is 16.0 Å². The molecule has 2 aromatic heterocycles. The molecule has 4 nitrogen and oxygen atoms in total. The van der Waals surface area contributed by atoms with Crippen molar-refractivity contribution in [3.8, 4) is 11.5 Å². The zero-order valence-corrected chi connectivity index (χ0v) is 14.1. The summed E-state index contributed by atoms with van der Waals surface area (Å²) in [6.45, 7) is 0. The Morgan fingerprint density at radius 1 is 0.958 bits per heavy atom. The molecular weight excluding hydrogens is 342 g/mol. The van der Waals surface area contributed by atoms with E-state index in [2.05, 4.69) is 15.2 Å². The van der Waals surface area contributed by atoms with Crippen LogP contribution in [0.3, 0.4) is 0 Å². The van der Waals surface area contributed by atoms with E-state index >= 15 is 0 Å². The topological polar surface area (TPSA) is 51.8 Å². The molecule has 0 spiro atoms. The molecule has 0 unspecified atom stereocenters. The molecule has 2 aromatic carbocycles. The Hall–Kier alpha value is -2.37. The number of pyridine rings is 1. The first-order valence-corrected chi connectivity index (χ1v) is 8.71. The Morgan fingerprint density at radius 3 is 2.71 bits per heavy atom. The molecule has 6 heteroatoms. The van der Waals surface area contributed by atoms with Crippen LogP contribution in [0.4, 0.5) is 0 Å². The number of fused-ring (bicyclic) bond motifs is 1. The summed E-state index contributed by atoms with van der Waals surface area (Å²) in [5, 5.41) is 10.4. The fourth-order valence-corrected chi connectivity index (χ4v) is 3.38. The minimum atomic E-state index is 0.525. The van der Waals surface area contributed by atoms with Crippen molar-refractivity contribution < 1.29 is 4.42 Å². The highest BCUT2D eigenvalue weighted by atomic mass is 35.5. The van der Waals surface area contributed by atoms with Gasteiger partial charge in [0.2, 0.25) is 5.89 Å². The van der Waals surface area contributed by atoms with Crippen molar-refractivity contribution in [1.82, 2.24) is 15.2 Å². The smallest absolute Gasteiger partial charge is 0.277 e. The Bertz CT molecular complexity index is 988. The average molecular weight is 354 g/mol. The van der Waals surface area contributed by atoms with Crippen molar-refractivity contribution in [3.63, 3.8) is 0 Å². The van der Waals surface area contributed by atoms with Gasteiger partial charge >= 0.3 is 0 Å². The van der Waals surface area contributed by atoms with Crippen LogP contribution in [-0.4, -0.2) is 15.2 Å². The third kappa shape index (κ3) is 3.00. The molecule has 118 valence electrons. The molecule has 0 aliphatic rings. The van der Waals surface area contributed by atoms with Crippen molar-refractivity contribution in [1.29, 1.82) is 0 Å². The third-order valence-corrected chi connectivity index (χ3v) is 4.78. The second-order valence-electron chi connectivity index (χ2n) is 5.13. The van der Waals surface area contributed by atoms with Crippen molar-refractivity contribution in [2.75, 3.05) is 0 Å². The number of hydrogen-bond donors (Lipinski definition) is 0. The lowest BCUT2D eigenvalue weighted by atomic mass is 10.1. The second-order valence-corrected chi connectivity index (χ2v) is 6.47. The molecule has 0 radical (unpaired) electrons. The summed E-state index contributed by atoms with van der Waals surface area (Å²) in [7, 11) is 0. The molecule has 0 bridgehead atoms. The van der Waals surface area contributed by atoms with Gasteiger partial charge in [0.25, 0.3) is 5.22 Å². The fraction of sp³-hybridized carbons (Fsp3) is 0.0556. The van der Waals surface area contributed by atoms with Gasteiger partial charge in [0.05, 0.1) is 5.52 Å². The van der Waals surface area contributed by atoms with Crippen LogP contribution >= 0.6 is 23.4 Å². The first-order chi connectivity index (χ1) is 11.8. The first-order valence-electron chi connectivity index (χ1n) is 7.35. The van der Waals surface area contributed by atoms with Gasteiger partial charge < -0.3 is 4.42 Å². The van der Waals surface area contributed by atoms with Crippen molar-refractivity contribution in [3.05, 3.63) is 71.4 Å². The molecule has 0 fully saturated rings. The van der Waals surface area contributed by atoms with Crippen LogP contribution in [-0.2, 0) is 5.75 Å². The second kappa shape index (κ2) is 6.63. The maximum atomic E-state index is 6.23. The van der Waals surface area contributed by atoms with E-state index in [0.717, 1.165) is 22.0 Å². The third-order valence-electron chi connectivity index (χ3n) is 3.58. The molecule has 4 rings (SSSR count). The van der Waals surface area contributed by atoms with Crippen LogP contribution in [0.25, 0.3) is 22.4 Å². The Morgan fingerprint density at radius 2 is 1.83 bits per heavy atom. The lowest BCUT2D eigenvalue weighted by Gasteiger charge is -2.05. The van der Waals surface area contributed by atoms with E-state index in [1.165, 1.54) is 11.8 Å². The van der Waals surface area contributed by atoms with Gasteiger partial charge in [0, 0.05) is 27.9 Å². The van der Waals surface area contributed by atoms with E-state index in [0.29, 0.717) is 21.9 Å². The summed E-state index contributed by atoms with van der Waals surface area (Å²) < 4.78 is 5.72. The Balaban J connectivity index is 1.56. The highest BCUT2D eigenvalue weighted by Gasteiger charge is 2.11. The summed E-state index contributed by atoms with van der Waals surface area (Å²) in [6, 6.07) is 17.5. The molecule has 2 heterocycles. The zero-order chi connectivity index (χ0) is 16.4. The Kier molecular flexibility index (Phi) is 4.19. The lowest BCUT2D eigenvalue weighted by Crippen LogP contribution is -1.88. The molecule has 0 atom stereocenters. The maximum absolute atomic E-state index is 6.23. The number of hydrogen-bond acceptors (Lipinski definition) is 5. The minimum Gasteiger partial charge on any atom is -0.411 e. The van der Waals surface area contributed by atoms with Crippen molar-refractivity contribution in [2.45, 2.75) is 11.0 Å². The number of aromatic nitrogens is 3. The molecular formula is C18H12ClN3OS. The molecule has 4 aromatic rings. The minimum absolute atomic E-state index is 0.525. The van der Waals surface area contributed by atoms with Gasteiger partial charge in [0.1, 0.15) is 0 Å². The van der Waals surface area contributed by atoms with Gasteiger partial charge in [-0.3, -0.25) is 4.98 Å². The zero-order valence-electron chi connectivity index (χ0n) is 12.5. The Labute approximate surface area is 147 Å². The first kappa shape index (κ1) is 15.2. The summed E-state index contributed by atoms with van der Waals surface area (Å²) >= 11 is 7.72. The quantitative estimate of drug-likeness (QED) is 0.470. The van der Waals surface area contributed by atoms with Crippen LogP contribution < -0.4 is 0 Å². The number of benzene rings is 2. The molecule has 0 amide bonds. The summed E-state index contributed by atoms with van der Waals surface area (Å²) in [4.78, 5) is 4.44. The highest BCUT2D eigenvalue weighted by molar-refractivity contribution is 7.98. The molecule has 0 saturated heterocycles. The lowest BCUT2D eigenvalue weighted by molar-refractivity contribution is 0.466. The summed E-state index contributed by atoms with van der Waals surface area (Å²) in [5.74, 6) is 1.21. The number of nitrogens with zero attached hydrogens (tertiary/aromatic N) is 3. The fourth-order valence-electron chi connectivity index (χ4n) is 2.42. The van der Waals surface area contributed by atoms with Crippen molar-refractivity contribution >= 4 is 34.3 Å². The largest absolute Gasteiger partial charge is 0.411 e. The standard InChI is InChI=1S/C18H12ClN3OS/c19-15-9-8-13(16-14(15)7-4-10-20-16)11-24-18-22-21-17(23-18)12-5-2-1-3-6-12/h1-10H,11H2. The van der Waals surface area contributed by atoms with E-state index in [-0.39, 0.29) is 0 Å². The predicted octanol–water partition coefficient (Wildman–Crippen LogP) is 5.23. The monoisotopic (exact) mass is 353 g/mol. The van der Waals surface area contributed by atoms with E-state index < -0.39 is 0 Å². The van der Waals surface area contributed by atoms with E-state index in [9.17, 15) is 0 Å². The van der Waals surface area contributed by atoms with E-state index in [1.807, 2.05) is 54.6 Å². The van der Waals surface area contributed by atoms with Crippen LogP contribution in [0.2, 0.25) is 5.02 Å². The van der Waals surface area contributed by atoms with E-state index in [1.54, 1.807) is 6.20 Å². The molecule has 24 heavy (non-hydrogen) atoms. The molecule has 0 N–H and O–H groups in total. The predicted molar refractivity (Wildman–Crippen MR) is 96.0 cm³/mol. The van der Waals surface area contributed by atoms with Gasteiger partial charge in [-0.2, -0.15) is 0 Å². The molecule has 0 aliphatic carbocycles. The number of thioether (sulfide) groups is 1. The van der Waals surface area contributed by atoms with Crippen LogP contribution in [0.5, 0.6) is 0 Å². The van der Waals surface area contributed by atoms with Gasteiger partial charge in [0.15, 0.2) is 0 Å². The molecule has 0 saturated carbocycles. The number of halogens is 1. The van der Waals surface area contributed by atoms with Crippen LogP contribution in [0.15, 0.2) is 70.4 Å². The van der Waals surface area contributed by atoms with Crippen LogP contribution in [0, 0.1) is 0 Å². The van der Waals surface area contributed by atoms with Gasteiger partial charge in [-0.1, -0.05) is 47.6 Å². The maximum Gasteiger partial charge on any atom is 0.277 e. The van der Waals surface area contributed by atoms with Crippen molar-refractivity contribution in [2.24, 2.45) is 0 Å². The molecule has 0 aliphatic heterocycles. The van der Waals surface area contributed by atoms with Crippen LogP contribution in [0.1, 0.15) is 5.56 Å². The van der Waals surface area contributed by atoms with Gasteiger partial charge in [-0.15, -0.1) is 10.2 Å². The summed E-state index contributed by atoms with van der Waals surface area (Å²) in [6.07, 6.45) is 1.77. The number of rotatable bonds is 4. The van der Waals surface area contributed by atoms with Gasteiger partial charge in [-0.05, 0) is 35.9 Å². The van der Waals surface area contributed by atoms with Gasteiger partial charge in [-0.25, -0.2) is 0 Å². The summed E-state index contributed by atoms with van der Waals surface area (Å²) in [5.41, 5.74) is 2.90. The average Bonchev–Trinajstić information content (AvgIpc) is 3.11.